The largest absolute Gasteiger partial charge is 0.493 e. The predicted molar refractivity (Wildman–Crippen MR) is 134 cm³/mol. The molecule has 4 aliphatic carbocycles. The average Bonchev–Trinajstić information content (AvgIpc) is 3.24. The first-order chi connectivity index (χ1) is 17.0. The van der Waals surface area contributed by atoms with Gasteiger partial charge >= 0.3 is 0 Å². The standard InChI is InChI=1S/C30H37NO4/c1-19-5-7-20(8-6-19)17-34-18-22-16-28-11-12-30(22,33-4)27-29(28)13-14-31(2)24(28)15-21-9-10-23(32-3)26(35-27)25(21)29/h5-10,22,24,27H,11-18H2,1-4H3/t22-,24-,27-,28-,29+,30-/m1/s1. The highest BCUT2D eigenvalue weighted by molar-refractivity contribution is 5.63. The van der Waals surface area contributed by atoms with Crippen molar-refractivity contribution in [2.45, 2.75) is 68.8 Å². The van der Waals surface area contributed by atoms with Gasteiger partial charge in [0, 0.05) is 35.5 Å². The van der Waals surface area contributed by atoms with Crippen LogP contribution in [0.25, 0.3) is 0 Å². The van der Waals surface area contributed by atoms with Crippen molar-refractivity contribution in [3.63, 3.8) is 0 Å². The Morgan fingerprint density at radius 3 is 2.66 bits per heavy atom. The van der Waals surface area contributed by atoms with Crippen LogP contribution >= 0.6 is 0 Å². The molecule has 8 rings (SSSR count). The zero-order valence-corrected chi connectivity index (χ0v) is 21.4. The fourth-order valence-electron chi connectivity index (χ4n) is 9.18. The SMILES string of the molecule is COc1ccc2c3c1O[C@H]1[C@@]4(OC)CC[C@@]5(C[C@@H]4COCc4ccc(C)cc4)[C@@H](C2)N(C)CC[C@]315. The van der Waals surface area contributed by atoms with E-state index in [1.165, 1.54) is 28.7 Å². The lowest BCUT2D eigenvalue weighted by molar-refractivity contribution is -0.282. The number of hydrogen-bond acceptors (Lipinski definition) is 5. The third-order valence-electron chi connectivity index (χ3n) is 10.7. The zero-order chi connectivity index (χ0) is 24.0. The van der Waals surface area contributed by atoms with Gasteiger partial charge in [0.2, 0.25) is 0 Å². The molecule has 4 bridgehead atoms. The molecule has 4 fully saturated rings. The molecule has 0 amide bonds. The highest BCUT2D eigenvalue weighted by Crippen LogP contribution is 2.76. The van der Waals surface area contributed by atoms with E-state index in [9.17, 15) is 0 Å². The molecule has 1 saturated heterocycles. The van der Waals surface area contributed by atoms with Crippen LogP contribution in [0.2, 0.25) is 0 Å². The monoisotopic (exact) mass is 475 g/mol. The topological polar surface area (TPSA) is 40.2 Å². The van der Waals surface area contributed by atoms with Crippen LogP contribution in [-0.2, 0) is 27.9 Å². The molecule has 35 heavy (non-hydrogen) atoms. The van der Waals surface area contributed by atoms with Crippen molar-refractivity contribution in [1.29, 1.82) is 0 Å². The number of aryl methyl sites for hydroxylation is 1. The Kier molecular flexibility index (Phi) is 4.73. The maximum atomic E-state index is 7.04. The highest BCUT2D eigenvalue weighted by atomic mass is 16.6. The fourth-order valence-corrected chi connectivity index (χ4v) is 9.18. The van der Waals surface area contributed by atoms with Crippen molar-refractivity contribution in [3.8, 4) is 11.5 Å². The van der Waals surface area contributed by atoms with E-state index in [0.717, 1.165) is 43.7 Å². The summed E-state index contributed by atoms with van der Waals surface area (Å²) in [6.45, 7) is 4.58. The van der Waals surface area contributed by atoms with Crippen LogP contribution in [0.1, 0.15) is 47.9 Å². The molecule has 0 unspecified atom stereocenters. The number of piperidine rings is 1. The number of hydrogen-bond donors (Lipinski definition) is 0. The Morgan fingerprint density at radius 2 is 1.89 bits per heavy atom. The van der Waals surface area contributed by atoms with Gasteiger partial charge < -0.3 is 23.8 Å². The molecule has 2 aromatic carbocycles. The van der Waals surface area contributed by atoms with Gasteiger partial charge in [-0.15, -0.1) is 0 Å². The highest BCUT2D eigenvalue weighted by Gasteiger charge is 2.80. The number of benzene rings is 2. The molecular weight excluding hydrogens is 438 g/mol. The summed E-state index contributed by atoms with van der Waals surface area (Å²) in [5.74, 6) is 2.17. The maximum Gasteiger partial charge on any atom is 0.165 e. The van der Waals surface area contributed by atoms with Crippen molar-refractivity contribution in [2.75, 3.05) is 34.4 Å². The molecule has 2 heterocycles. The molecule has 2 aliphatic heterocycles. The van der Waals surface area contributed by atoms with Crippen LogP contribution in [0.3, 0.4) is 0 Å². The third-order valence-corrected chi connectivity index (χ3v) is 10.7. The van der Waals surface area contributed by atoms with Crippen LogP contribution in [0, 0.1) is 18.3 Å². The molecule has 3 saturated carbocycles. The Bertz CT molecular complexity index is 1160. The summed E-state index contributed by atoms with van der Waals surface area (Å²) in [5.41, 5.74) is 5.26. The van der Waals surface area contributed by atoms with Gasteiger partial charge in [0.05, 0.1) is 20.3 Å². The van der Waals surface area contributed by atoms with Gasteiger partial charge in [0.25, 0.3) is 0 Å². The van der Waals surface area contributed by atoms with Crippen LogP contribution < -0.4 is 9.47 Å². The van der Waals surface area contributed by atoms with Crippen molar-refractivity contribution < 1.29 is 18.9 Å². The van der Waals surface area contributed by atoms with E-state index in [1.54, 1.807) is 7.11 Å². The van der Waals surface area contributed by atoms with Crippen molar-refractivity contribution in [2.24, 2.45) is 11.3 Å². The molecule has 6 atom stereocenters. The van der Waals surface area contributed by atoms with E-state index in [0.29, 0.717) is 25.2 Å². The Hall–Kier alpha value is -2.08. The van der Waals surface area contributed by atoms with Crippen molar-refractivity contribution in [1.82, 2.24) is 4.90 Å². The van der Waals surface area contributed by atoms with Crippen LogP contribution in [0.4, 0.5) is 0 Å². The normalized spacial score (nSPS) is 38.2. The first-order valence-corrected chi connectivity index (χ1v) is 13.2. The molecule has 5 heteroatoms. The van der Waals surface area contributed by atoms with Gasteiger partial charge in [-0.25, -0.2) is 0 Å². The summed E-state index contributed by atoms with van der Waals surface area (Å²) >= 11 is 0. The van der Waals surface area contributed by atoms with Gasteiger partial charge in [-0.3, -0.25) is 0 Å². The minimum Gasteiger partial charge on any atom is -0.493 e. The lowest BCUT2D eigenvalue weighted by atomic mass is 9.35. The smallest absolute Gasteiger partial charge is 0.165 e. The summed E-state index contributed by atoms with van der Waals surface area (Å²) in [7, 11) is 6.00. The Morgan fingerprint density at radius 1 is 1.06 bits per heavy atom. The summed E-state index contributed by atoms with van der Waals surface area (Å²) in [4.78, 5) is 2.64. The molecule has 2 spiro atoms. The lowest BCUT2D eigenvalue weighted by Gasteiger charge is -2.73. The minimum absolute atomic E-state index is 0.00332. The number of nitrogens with zero attached hydrogens (tertiary/aromatic N) is 1. The second kappa shape index (κ2) is 7.47. The maximum absolute atomic E-state index is 7.04. The molecule has 5 nitrogen and oxygen atoms in total. The summed E-state index contributed by atoms with van der Waals surface area (Å²) in [6, 6.07) is 13.6. The molecule has 6 aliphatic rings. The van der Waals surface area contributed by atoms with E-state index < -0.39 is 0 Å². The van der Waals surface area contributed by atoms with Gasteiger partial charge in [0.1, 0.15) is 11.7 Å². The number of rotatable bonds is 6. The Balaban J connectivity index is 1.30. The van der Waals surface area contributed by atoms with Gasteiger partial charge in [-0.05, 0) is 69.8 Å². The Labute approximate surface area is 208 Å². The number of fused-ring (bicyclic) bond motifs is 2. The summed E-state index contributed by atoms with van der Waals surface area (Å²) in [5, 5.41) is 0. The molecule has 0 aromatic heterocycles. The first kappa shape index (κ1) is 22.1. The quantitative estimate of drug-likeness (QED) is 0.608. The second-order valence-electron chi connectivity index (χ2n) is 11.8. The van der Waals surface area contributed by atoms with E-state index in [4.69, 9.17) is 18.9 Å². The number of ether oxygens (including phenoxy) is 4. The first-order valence-electron chi connectivity index (χ1n) is 13.2. The average molecular weight is 476 g/mol. The minimum atomic E-state index is -0.339. The van der Waals surface area contributed by atoms with Gasteiger partial charge in [-0.2, -0.15) is 0 Å². The molecule has 186 valence electrons. The van der Waals surface area contributed by atoms with Crippen molar-refractivity contribution in [3.05, 3.63) is 58.7 Å². The van der Waals surface area contributed by atoms with E-state index in [-0.39, 0.29) is 22.5 Å². The van der Waals surface area contributed by atoms with E-state index in [1.807, 2.05) is 7.11 Å². The fraction of sp³-hybridized carbons (Fsp3) is 0.600. The van der Waals surface area contributed by atoms with Gasteiger partial charge in [-0.1, -0.05) is 35.9 Å². The number of likely N-dealkylation sites (tertiary alicyclic amines) is 1. The predicted octanol–water partition coefficient (Wildman–Crippen LogP) is 4.66. The van der Waals surface area contributed by atoms with Crippen LogP contribution in [0.15, 0.2) is 36.4 Å². The molecular formula is C30H37NO4. The summed E-state index contributed by atoms with van der Waals surface area (Å²) in [6.07, 6.45) is 5.60. The van der Waals surface area contributed by atoms with E-state index in [2.05, 4.69) is 55.3 Å². The van der Waals surface area contributed by atoms with E-state index >= 15 is 0 Å². The molecule has 0 N–H and O–H groups in total. The number of likely N-dealkylation sites (N-methyl/N-ethyl adjacent to an activating group) is 1. The third kappa shape index (κ3) is 2.60. The second-order valence-corrected chi connectivity index (χ2v) is 11.8. The number of methoxy groups -OCH3 is 2. The zero-order valence-electron chi connectivity index (χ0n) is 21.4. The lowest BCUT2D eigenvalue weighted by Crippen LogP contribution is -2.81. The molecule has 0 radical (unpaired) electrons. The van der Waals surface area contributed by atoms with Crippen LogP contribution in [-0.4, -0.2) is 57.1 Å². The van der Waals surface area contributed by atoms with Crippen LogP contribution in [0.5, 0.6) is 11.5 Å². The molecule has 2 aromatic rings. The van der Waals surface area contributed by atoms with Crippen molar-refractivity contribution >= 4 is 0 Å². The van der Waals surface area contributed by atoms with Gasteiger partial charge in [0.15, 0.2) is 11.5 Å². The summed E-state index contributed by atoms with van der Waals surface area (Å²) < 4.78 is 25.9.